The number of carbonyl (C=O) groups is 1. The quantitative estimate of drug-likeness (QED) is 0.369. The number of benzene rings is 4. The molecule has 0 N–H and O–H groups in total. The molecule has 0 bridgehead atoms. The zero-order valence-electron chi connectivity index (χ0n) is 18.4. The number of rotatable bonds is 3. The van der Waals surface area contributed by atoms with Gasteiger partial charge in [-0.3, -0.25) is 9.69 Å². The Bertz CT molecular complexity index is 1280. The Kier molecular flexibility index (Phi) is 3.98. The van der Waals surface area contributed by atoms with Crippen LogP contribution >= 0.6 is 0 Å². The van der Waals surface area contributed by atoms with Gasteiger partial charge in [0.25, 0.3) is 0 Å². The van der Waals surface area contributed by atoms with Gasteiger partial charge >= 0.3 is 0 Å². The average molecular weight is 416 g/mol. The van der Waals surface area contributed by atoms with E-state index in [1.54, 1.807) is 0 Å². The van der Waals surface area contributed by atoms with Gasteiger partial charge in [-0.25, -0.2) is 0 Å². The third-order valence-electron chi connectivity index (χ3n) is 7.41. The van der Waals surface area contributed by atoms with Crippen LogP contribution in [0.2, 0.25) is 0 Å². The van der Waals surface area contributed by atoms with E-state index in [0.29, 0.717) is 0 Å². The Morgan fingerprint density at radius 1 is 0.625 bits per heavy atom. The Labute approximate surface area is 189 Å². The Morgan fingerprint density at radius 3 is 1.75 bits per heavy atom. The molecule has 2 heteroatoms. The van der Waals surface area contributed by atoms with Crippen LogP contribution in [-0.4, -0.2) is 5.91 Å². The van der Waals surface area contributed by atoms with E-state index in [1.807, 2.05) is 41.3 Å². The number of aryl methyl sites for hydroxylation is 2. The van der Waals surface area contributed by atoms with Crippen LogP contribution in [0.1, 0.15) is 34.2 Å². The van der Waals surface area contributed by atoms with E-state index >= 15 is 0 Å². The molecule has 1 amide bonds. The van der Waals surface area contributed by atoms with Crippen molar-refractivity contribution < 1.29 is 4.79 Å². The molecule has 1 saturated carbocycles. The summed E-state index contributed by atoms with van der Waals surface area (Å²) in [4.78, 5) is 16.3. The van der Waals surface area contributed by atoms with Crippen molar-refractivity contribution in [3.8, 4) is 0 Å². The Balaban J connectivity index is 1.61. The molecule has 4 aromatic rings. The largest absolute Gasteiger partial charge is 0.280 e. The van der Waals surface area contributed by atoms with Crippen molar-refractivity contribution in [1.82, 2.24) is 0 Å². The molecule has 1 aliphatic heterocycles. The van der Waals surface area contributed by atoms with Crippen LogP contribution in [0.4, 0.5) is 11.4 Å². The van der Waals surface area contributed by atoms with Gasteiger partial charge in [0.2, 0.25) is 5.91 Å². The second kappa shape index (κ2) is 6.67. The van der Waals surface area contributed by atoms with Gasteiger partial charge in [-0.05, 0) is 55.2 Å². The first-order valence-corrected chi connectivity index (χ1v) is 11.2. The zero-order valence-corrected chi connectivity index (χ0v) is 18.4. The van der Waals surface area contributed by atoms with Crippen molar-refractivity contribution in [3.63, 3.8) is 0 Å². The highest BCUT2D eigenvalue weighted by Crippen LogP contribution is 2.73. The van der Waals surface area contributed by atoms with Gasteiger partial charge in [0.15, 0.2) is 0 Å². The first-order chi connectivity index (χ1) is 15.6. The molecule has 1 spiro atoms. The molecule has 2 nitrogen and oxygen atoms in total. The lowest BCUT2D eigenvalue weighted by Crippen LogP contribution is -2.34. The SMILES string of the molecule is Cc1ccc(C2(c3ccc(C)cc3)CC23C(=O)N(c2ccccc2)c2ccccc23)cc1. The topological polar surface area (TPSA) is 20.3 Å². The summed E-state index contributed by atoms with van der Waals surface area (Å²) in [7, 11) is 0. The van der Waals surface area contributed by atoms with Gasteiger partial charge in [0, 0.05) is 11.1 Å². The van der Waals surface area contributed by atoms with Crippen LogP contribution in [0.5, 0.6) is 0 Å². The summed E-state index contributed by atoms with van der Waals surface area (Å²) in [5.41, 5.74) is 6.98. The molecular formula is C30H25NO. The van der Waals surface area contributed by atoms with Crippen molar-refractivity contribution in [2.24, 2.45) is 0 Å². The summed E-state index contributed by atoms with van der Waals surface area (Å²) < 4.78 is 0. The minimum atomic E-state index is -0.593. The lowest BCUT2D eigenvalue weighted by atomic mass is 9.77. The lowest BCUT2D eigenvalue weighted by Gasteiger charge is -2.25. The smallest absolute Gasteiger partial charge is 0.243 e. The number of para-hydroxylation sites is 2. The third-order valence-corrected chi connectivity index (χ3v) is 7.41. The fourth-order valence-electron chi connectivity index (χ4n) is 5.75. The summed E-state index contributed by atoms with van der Waals surface area (Å²) in [6.45, 7) is 4.22. The summed E-state index contributed by atoms with van der Waals surface area (Å²) in [5, 5.41) is 0. The van der Waals surface area contributed by atoms with Gasteiger partial charge in [0.1, 0.15) is 0 Å². The molecule has 1 atom stereocenters. The predicted octanol–water partition coefficient (Wildman–Crippen LogP) is 6.61. The van der Waals surface area contributed by atoms with Gasteiger partial charge < -0.3 is 0 Å². The van der Waals surface area contributed by atoms with Gasteiger partial charge in [-0.2, -0.15) is 0 Å². The van der Waals surface area contributed by atoms with Crippen molar-refractivity contribution in [2.75, 3.05) is 4.90 Å². The predicted molar refractivity (Wildman–Crippen MR) is 129 cm³/mol. The summed E-state index contributed by atoms with van der Waals surface area (Å²) in [6.07, 6.45) is 0.783. The van der Waals surface area contributed by atoms with Crippen LogP contribution < -0.4 is 4.90 Å². The van der Waals surface area contributed by atoms with E-state index < -0.39 is 5.41 Å². The molecule has 1 unspecified atom stereocenters. The van der Waals surface area contributed by atoms with Crippen molar-refractivity contribution in [3.05, 3.63) is 131 Å². The van der Waals surface area contributed by atoms with E-state index in [0.717, 1.165) is 23.4 Å². The van der Waals surface area contributed by atoms with E-state index in [2.05, 4.69) is 80.6 Å². The second-order valence-corrected chi connectivity index (χ2v) is 9.21. The number of hydrogen-bond acceptors (Lipinski definition) is 1. The molecule has 156 valence electrons. The third kappa shape index (κ3) is 2.38. The highest BCUT2D eigenvalue weighted by molar-refractivity contribution is 6.17. The molecule has 1 heterocycles. The fraction of sp³-hybridized carbons (Fsp3) is 0.167. The minimum Gasteiger partial charge on any atom is -0.280 e. The van der Waals surface area contributed by atoms with E-state index in [9.17, 15) is 4.79 Å². The zero-order chi connectivity index (χ0) is 21.9. The maximum atomic E-state index is 14.4. The number of nitrogens with zero attached hydrogens (tertiary/aromatic N) is 1. The van der Waals surface area contributed by atoms with Crippen molar-refractivity contribution >= 4 is 17.3 Å². The van der Waals surface area contributed by atoms with Gasteiger partial charge in [-0.15, -0.1) is 0 Å². The molecule has 2 aliphatic rings. The number of anilines is 2. The summed E-state index contributed by atoms with van der Waals surface area (Å²) >= 11 is 0. The Hall–Kier alpha value is -3.65. The standard InChI is InChI=1S/C30H25NO/c1-21-12-16-23(17-13-21)29(24-18-14-22(2)15-19-24)20-30(29)26-10-6-7-11-27(26)31(28(30)32)25-8-4-3-5-9-25/h3-19H,20H2,1-2H3. The van der Waals surface area contributed by atoms with Crippen molar-refractivity contribution in [1.29, 1.82) is 0 Å². The molecular weight excluding hydrogens is 390 g/mol. The van der Waals surface area contributed by atoms with Gasteiger partial charge in [0.05, 0.1) is 11.1 Å². The van der Waals surface area contributed by atoms with Crippen LogP contribution in [0.25, 0.3) is 0 Å². The average Bonchev–Trinajstić information content (AvgIpc) is 3.46. The highest BCUT2D eigenvalue weighted by Gasteiger charge is 2.77. The molecule has 1 aliphatic carbocycles. The van der Waals surface area contributed by atoms with Crippen LogP contribution in [0.3, 0.4) is 0 Å². The molecule has 6 rings (SSSR count). The maximum Gasteiger partial charge on any atom is 0.243 e. The number of amides is 1. The summed E-state index contributed by atoms with van der Waals surface area (Å²) in [6, 6.07) is 35.9. The van der Waals surface area contributed by atoms with E-state index in [-0.39, 0.29) is 11.3 Å². The van der Waals surface area contributed by atoms with Crippen LogP contribution in [0, 0.1) is 13.8 Å². The highest BCUT2D eigenvalue weighted by atomic mass is 16.2. The minimum absolute atomic E-state index is 0.172. The number of fused-ring (bicyclic) bond motifs is 2. The van der Waals surface area contributed by atoms with Gasteiger partial charge in [-0.1, -0.05) is 96.1 Å². The summed E-state index contributed by atoms with van der Waals surface area (Å²) in [5.74, 6) is 0.172. The van der Waals surface area contributed by atoms with Crippen LogP contribution in [0.15, 0.2) is 103 Å². The molecule has 0 aromatic heterocycles. The van der Waals surface area contributed by atoms with E-state index in [1.165, 1.54) is 22.3 Å². The monoisotopic (exact) mass is 415 g/mol. The Morgan fingerprint density at radius 2 is 1.16 bits per heavy atom. The first-order valence-electron chi connectivity index (χ1n) is 11.2. The molecule has 0 radical (unpaired) electrons. The first kappa shape index (κ1) is 19.1. The number of carbonyl (C=O) groups excluding carboxylic acids is 1. The lowest BCUT2D eigenvalue weighted by molar-refractivity contribution is -0.119. The molecule has 1 fully saturated rings. The maximum absolute atomic E-state index is 14.4. The second-order valence-electron chi connectivity index (χ2n) is 9.21. The normalized spacial score (nSPS) is 20.4. The van der Waals surface area contributed by atoms with Crippen LogP contribution in [-0.2, 0) is 15.6 Å². The molecule has 0 saturated heterocycles. The van der Waals surface area contributed by atoms with Crippen molar-refractivity contribution in [2.45, 2.75) is 31.1 Å². The number of hydrogen-bond donors (Lipinski definition) is 0. The molecule has 4 aromatic carbocycles. The molecule has 32 heavy (non-hydrogen) atoms. The fourth-order valence-corrected chi connectivity index (χ4v) is 5.75. The van der Waals surface area contributed by atoms with E-state index in [4.69, 9.17) is 0 Å².